The molecular formula is C30H31N3O3S. The van der Waals surface area contributed by atoms with Crippen molar-refractivity contribution in [2.75, 3.05) is 11.9 Å². The highest BCUT2D eigenvalue weighted by molar-refractivity contribution is 7.16. The zero-order chi connectivity index (χ0) is 26.6. The molecule has 37 heavy (non-hydrogen) atoms. The van der Waals surface area contributed by atoms with Crippen LogP contribution in [0.25, 0.3) is 0 Å². The Bertz CT molecular complexity index is 1360. The van der Waals surface area contributed by atoms with E-state index in [1.807, 2.05) is 19.1 Å². The Morgan fingerprint density at radius 1 is 1.16 bits per heavy atom. The molecule has 1 aliphatic carbocycles. The molecule has 0 saturated heterocycles. The zero-order valence-electron chi connectivity index (χ0n) is 21.6. The lowest BCUT2D eigenvalue weighted by molar-refractivity contribution is -0.119. The van der Waals surface area contributed by atoms with E-state index in [0.29, 0.717) is 22.7 Å². The summed E-state index contributed by atoms with van der Waals surface area (Å²) in [6, 6.07) is 16.5. The Labute approximate surface area is 222 Å². The van der Waals surface area contributed by atoms with Crippen LogP contribution in [-0.2, 0) is 22.4 Å². The number of rotatable bonds is 6. The fourth-order valence-corrected chi connectivity index (χ4v) is 5.63. The van der Waals surface area contributed by atoms with Gasteiger partial charge in [0.25, 0.3) is 5.91 Å². The lowest BCUT2D eigenvalue weighted by atomic mass is 9.72. The fourth-order valence-electron chi connectivity index (χ4n) is 4.40. The van der Waals surface area contributed by atoms with Crippen molar-refractivity contribution in [2.24, 2.45) is 16.3 Å². The van der Waals surface area contributed by atoms with Crippen LogP contribution in [-0.4, -0.2) is 24.7 Å². The quantitative estimate of drug-likeness (QED) is 0.296. The smallest absolute Gasteiger partial charge is 0.338 e. The molecule has 6 nitrogen and oxygen atoms in total. The number of aryl methyl sites for hydroxylation is 1. The minimum Gasteiger partial charge on any atom is -0.452 e. The summed E-state index contributed by atoms with van der Waals surface area (Å²) >= 11 is 1.61. The Morgan fingerprint density at radius 3 is 2.51 bits per heavy atom. The zero-order valence-corrected chi connectivity index (χ0v) is 22.4. The maximum absolute atomic E-state index is 12.4. The first-order valence-electron chi connectivity index (χ1n) is 12.4. The molecule has 1 aromatic heterocycles. The Hall–Kier alpha value is -3.76. The number of ether oxygens (including phenoxy) is 1. The van der Waals surface area contributed by atoms with Crippen LogP contribution in [0.2, 0.25) is 0 Å². The minimum absolute atomic E-state index is 0.242. The summed E-state index contributed by atoms with van der Waals surface area (Å²) in [5, 5.41) is 13.2. The van der Waals surface area contributed by atoms with E-state index in [4.69, 9.17) is 4.74 Å². The maximum Gasteiger partial charge on any atom is 0.338 e. The number of hydrogen-bond donors (Lipinski definition) is 1. The number of hydrogen-bond acceptors (Lipinski definition) is 6. The van der Waals surface area contributed by atoms with Crippen LogP contribution in [0.1, 0.15) is 64.7 Å². The third-order valence-electron chi connectivity index (χ3n) is 6.73. The predicted molar refractivity (Wildman–Crippen MR) is 148 cm³/mol. The van der Waals surface area contributed by atoms with Crippen LogP contribution in [0.4, 0.5) is 10.7 Å². The number of carbonyl (C=O) groups excluding carboxylic acids is 2. The molecule has 0 spiro atoms. The molecule has 190 valence electrons. The second kappa shape index (κ2) is 11.1. The van der Waals surface area contributed by atoms with Gasteiger partial charge in [-0.25, -0.2) is 9.79 Å². The SMILES string of the molecule is Cc1ccc(NC(=O)COC(=O)c2ccc(C=Nc3sc4c(c3C#N)CC[C@H](C(C)(C)C)C4)cc2)cc1. The van der Waals surface area contributed by atoms with Gasteiger partial charge >= 0.3 is 5.97 Å². The predicted octanol–water partition coefficient (Wildman–Crippen LogP) is 6.63. The number of fused-ring (bicyclic) bond motifs is 1. The number of amides is 1. The molecule has 0 bridgehead atoms. The lowest BCUT2D eigenvalue weighted by Crippen LogP contribution is -2.26. The Kier molecular flexibility index (Phi) is 7.89. The summed E-state index contributed by atoms with van der Waals surface area (Å²) in [4.78, 5) is 30.3. The molecule has 0 radical (unpaired) electrons. The summed E-state index contributed by atoms with van der Waals surface area (Å²) in [7, 11) is 0. The number of nitrogens with one attached hydrogen (secondary N) is 1. The van der Waals surface area contributed by atoms with Crippen molar-refractivity contribution in [3.8, 4) is 6.07 Å². The Morgan fingerprint density at radius 2 is 1.86 bits per heavy atom. The van der Waals surface area contributed by atoms with E-state index < -0.39 is 11.9 Å². The molecule has 1 N–H and O–H groups in total. The number of thiophene rings is 1. The molecule has 0 fully saturated rings. The number of esters is 1. The lowest BCUT2D eigenvalue weighted by Gasteiger charge is -2.33. The van der Waals surface area contributed by atoms with Gasteiger partial charge in [-0.1, -0.05) is 50.6 Å². The molecular weight excluding hydrogens is 482 g/mol. The summed E-state index contributed by atoms with van der Waals surface area (Å²) in [5.74, 6) is -0.377. The minimum atomic E-state index is -0.575. The number of nitrogens with zero attached hydrogens (tertiary/aromatic N) is 2. The monoisotopic (exact) mass is 513 g/mol. The van der Waals surface area contributed by atoms with Crippen molar-refractivity contribution >= 4 is 40.1 Å². The van der Waals surface area contributed by atoms with Gasteiger partial charge in [0.15, 0.2) is 6.61 Å². The first-order chi connectivity index (χ1) is 17.6. The van der Waals surface area contributed by atoms with Gasteiger partial charge in [-0.15, -0.1) is 11.3 Å². The molecule has 7 heteroatoms. The van der Waals surface area contributed by atoms with Crippen LogP contribution in [0.5, 0.6) is 0 Å². The molecule has 0 aliphatic heterocycles. The van der Waals surface area contributed by atoms with Gasteiger partial charge in [0.1, 0.15) is 11.1 Å². The molecule has 4 rings (SSSR count). The molecule has 3 aromatic rings. The van der Waals surface area contributed by atoms with Gasteiger partial charge in [-0.3, -0.25) is 4.79 Å². The van der Waals surface area contributed by atoms with E-state index in [2.05, 4.69) is 37.1 Å². The van der Waals surface area contributed by atoms with Crippen molar-refractivity contribution in [2.45, 2.75) is 47.0 Å². The molecule has 1 atom stereocenters. The molecule has 0 unspecified atom stereocenters. The standard InChI is InChI=1S/C30H31N3O3S/c1-19-5-12-23(13-6-19)33-27(34)18-36-29(35)21-9-7-20(8-10-21)17-32-28-25(16-31)24-14-11-22(30(2,3)4)15-26(24)37-28/h5-10,12-13,17,22H,11,14-15,18H2,1-4H3,(H,33,34)/t22-/m0/s1. The third kappa shape index (κ3) is 6.52. The fraction of sp³-hybridized carbons (Fsp3) is 0.333. The molecule has 2 aromatic carbocycles. The van der Waals surface area contributed by atoms with Crippen LogP contribution >= 0.6 is 11.3 Å². The number of benzene rings is 2. The van der Waals surface area contributed by atoms with E-state index in [0.717, 1.165) is 41.0 Å². The Balaban J connectivity index is 1.36. The highest BCUT2D eigenvalue weighted by Gasteiger charge is 2.32. The second-order valence-corrected chi connectivity index (χ2v) is 11.6. The van der Waals surface area contributed by atoms with Crippen molar-refractivity contribution in [3.05, 3.63) is 81.2 Å². The number of anilines is 1. The first kappa shape index (κ1) is 26.3. The summed E-state index contributed by atoms with van der Waals surface area (Å²) in [6.45, 7) is 8.43. The maximum atomic E-state index is 12.4. The van der Waals surface area contributed by atoms with Crippen molar-refractivity contribution in [1.29, 1.82) is 5.26 Å². The van der Waals surface area contributed by atoms with E-state index in [1.165, 1.54) is 4.88 Å². The van der Waals surface area contributed by atoms with Crippen LogP contribution in [0.15, 0.2) is 53.5 Å². The highest BCUT2D eigenvalue weighted by atomic mass is 32.1. The highest BCUT2D eigenvalue weighted by Crippen LogP contribution is 2.44. The van der Waals surface area contributed by atoms with Gasteiger partial charge in [0.2, 0.25) is 0 Å². The van der Waals surface area contributed by atoms with Crippen molar-refractivity contribution in [1.82, 2.24) is 0 Å². The van der Waals surface area contributed by atoms with Gasteiger partial charge < -0.3 is 10.1 Å². The largest absolute Gasteiger partial charge is 0.452 e. The van der Waals surface area contributed by atoms with Gasteiger partial charge in [-0.2, -0.15) is 5.26 Å². The van der Waals surface area contributed by atoms with Crippen LogP contribution in [0.3, 0.4) is 0 Å². The number of carbonyl (C=O) groups is 2. The van der Waals surface area contributed by atoms with Crippen molar-refractivity contribution in [3.63, 3.8) is 0 Å². The van der Waals surface area contributed by atoms with E-state index in [1.54, 1.807) is 53.9 Å². The van der Waals surface area contributed by atoms with E-state index in [-0.39, 0.29) is 12.0 Å². The van der Waals surface area contributed by atoms with Gasteiger partial charge in [0, 0.05) is 16.8 Å². The summed E-state index contributed by atoms with van der Waals surface area (Å²) in [6.07, 6.45) is 4.72. The van der Waals surface area contributed by atoms with E-state index >= 15 is 0 Å². The van der Waals surface area contributed by atoms with Gasteiger partial charge in [-0.05, 0) is 72.9 Å². The first-order valence-corrected chi connectivity index (χ1v) is 13.2. The van der Waals surface area contributed by atoms with E-state index in [9.17, 15) is 14.9 Å². The number of aliphatic imine (C=N–C) groups is 1. The second-order valence-electron chi connectivity index (χ2n) is 10.5. The van der Waals surface area contributed by atoms with Gasteiger partial charge in [0.05, 0.1) is 11.1 Å². The molecule has 0 saturated carbocycles. The normalized spacial score (nSPS) is 15.2. The molecule has 1 aliphatic rings. The van der Waals surface area contributed by atoms with Crippen LogP contribution in [0, 0.1) is 29.6 Å². The third-order valence-corrected chi connectivity index (χ3v) is 7.89. The topological polar surface area (TPSA) is 91.5 Å². The average Bonchev–Trinajstić information content (AvgIpc) is 3.24. The molecule has 1 heterocycles. The van der Waals surface area contributed by atoms with Crippen LogP contribution < -0.4 is 5.32 Å². The molecule has 1 amide bonds. The number of nitriles is 1. The summed E-state index contributed by atoms with van der Waals surface area (Å²) in [5.41, 5.74) is 4.97. The summed E-state index contributed by atoms with van der Waals surface area (Å²) < 4.78 is 5.15. The average molecular weight is 514 g/mol. The van der Waals surface area contributed by atoms with Crippen molar-refractivity contribution < 1.29 is 14.3 Å².